The van der Waals surface area contributed by atoms with Gasteiger partial charge in [-0.25, -0.2) is 8.42 Å². The van der Waals surface area contributed by atoms with Crippen molar-refractivity contribution in [3.63, 3.8) is 0 Å². The van der Waals surface area contributed by atoms with Crippen LogP contribution in [0.1, 0.15) is 6.42 Å². The molecule has 1 fully saturated rings. The molecule has 0 aliphatic carbocycles. The average molecular weight is 444 g/mol. The smallest absolute Gasteiger partial charge is 0.262 e. The zero-order valence-electron chi connectivity index (χ0n) is 17.2. The summed E-state index contributed by atoms with van der Waals surface area (Å²) < 4.78 is 30.0. The van der Waals surface area contributed by atoms with Gasteiger partial charge in [-0.2, -0.15) is 0 Å². The maximum Gasteiger partial charge on any atom is 0.262 e. The van der Waals surface area contributed by atoms with Crippen LogP contribution in [0.3, 0.4) is 0 Å². The van der Waals surface area contributed by atoms with Crippen LogP contribution in [0.15, 0.2) is 54.6 Å². The average Bonchev–Trinajstić information content (AvgIpc) is 3.13. The summed E-state index contributed by atoms with van der Waals surface area (Å²) in [7, 11) is -1.63. The molecule has 4 rings (SSSR count). The predicted molar refractivity (Wildman–Crippen MR) is 118 cm³/mol. The van der Waals surface area contributed by atoms with Crippen LogP contribution in [0.2, 0.25) is 0 Å². The third-order valence-electron chi connectivity index (χ3n) is 5.60. The Bertz CT molecular complexity index is 1070. The Morgan fingerprint density at radius 1 is 1.13 bits per heavy atom. The molecule has 2 heterocycles. The number of para-hydroxylation sites is 3. The number of rotatable bonds is 5. The van der Waals surface area contributed by atoms with E-state index in [1.807, 2.05) is 53.4 Å². The van der Waals surface area contributed by atoms with Crippen LogP contribution in [0.5, 0.6) is 5.75 Å². The third-order valence-corrected chi connectivity index (χ3v) is 7.35. The second kappa shape index (κ2) is 8.58. The lowest BCUT2D eigenvalue weighted by molar-refractivity contribution is -0.127. The molecule has 0 radical (unpaired) electrons. The van der Waals surface area contributed by atoms with Gasteiger partial charge in [0, 0.05) is 12.7 Å². The number of nitrogens with one attached hydrogen (secondary N) is 1. The van der Waals surface area contributed by atoms with E-state index in [-0.39, 0.29) is 36.4 Å². The highest BCUT2D eigenvalue weighted by Crippen LogP contribution is 2.33. The molecule has 2 amide bonds. The minimum absolute atomic E-state index is 0.000685. The molecular formula is C22H25N3O5S. The first-order valence-corrected chi connectivity index (χ1v) is 12.0. The normalized spacial score (nSPS) is 21.6. The van der Waals surface area contributed by atoms with Crippen molar-refractivity contribution in [3.8, 4) is 5.75 Å². The van der Waals surface area contributed by atoms with Crippen LogP contribution in [0.25, 0.3) is 0 Å². The highest BCUT2D eigenvalue weighted by Gasteiger charge is 2.37. The van der Waals surface area contributed by atoms with Gasteiger partial charge in [0.2, 0.25) is 5.91 Å². The summed E-state index contributed by atoms with van der Waals surface area (Å²) >= 11 is 0. The van der Waals surface area contributed by atoms with Crippen molar-refractivity contribution in [2.24, 2.45) is 0 Å². The highest BCUT2D eigenvalue weighted by molar-refractivity contribution is 7.91. The fourth-order valence-corrected chi connectivity index (χ4v) is 5.82. The van der Waals surface area contributed by atoms with Crippen molar-refractivity contribution in [2.75, 3.05) is 41.4 Å². The Morgan fingerprint density at radius 2 is 1.84 bits per heavy atom. The molecule has 9 heteroatoms. The number of likely N-dealkylation sites (N-methyl/N-ethyl adjacent to an activating group) is 1. The van der Waals surface area contributed by atoms with E-state index in [9.17, 15) is 18.0 Å². The number of anilines is 2. The molecule has 1 saturated heterocycles. The molecular weight excluding hydrogens is 418 g/mol. The van der Waals surface area contributed by atoms with Gasteiger partial charge in [0.15, 0.2) is 15.9 Å². The molecule has 2 aliphatic rings. The maximum atomic E-state index is 13.5. The van der Waals surface area contributed by atoms with Gasteiger partial charge in [0.25, 0.3) is 5.91 Å². The third kappa shape index (κ3) is 4.51. The van der Waals surface area contributed by atoms with Crippen LogP contribution in [0.4, 0.5) is 11.4 Å². The van der Waals surface area contributed by atoms with Crippen molar-refractivity contribution < 1.29 is 22.7 Å². The Hall–Kier alpha value is -3.07. The molecule has 2 atom stereocenters. The maximum absolute atomic E-state index is 13.5. The topological polar surface area (TPSA) is 96.0 Å². The standard InChI is InChI=1S/C22H25N3O5S/c1-23-22(27)20-13-24(18-9-5-6-10-19(18)30-20)14-21(26)25(16-7-3-2-4-8-16)17-11-12-31(28,29)15-17/h2-10,17,20H,11-15H2,1H3,(H,23,27)/t17-,20-/m1/s1. The first kappa shape index (κ1) is 21.2. The number of carbonyl (C=O) groups is 2. The molecule has 0 unspecified atom stereocenters. The zero-order valence-corrected chi connectivity index (χ0v) is 18.0. The van der Waals surface area contributed by atoms with Crippen LogP contribution < -0.4 is 19.9 Å². The van der Waals surface area contributed by atoms with E-state index in [0.717, 1.165) is 5.69 Å². The molecule has 2 aromatic rings. The first-order chi connectivity index (χ1) is 14.9. The number of hydrogen-bond donors (Lipinski definition) is 1. The van der Waals surface area contributed by atoms with Gasteiger partial charge in [-0.05, 0) is 30.7 Å². The molecule has 0 saturated carbocycles. The first-order valence-electron chi connectivity index (χ1n) is 10.2. The van der Waals surface area contributed by atoms with E-state index in [2.05, 4.69) is 5.32 Å². The summed E-state index contributed by atoms with van der Waals surface area (Å²) in [5.41, 5.74) is 1.39. The summed E-state index contributed by atoms with van der Waals surface area (Å²) in [5, 5.41) is 2.59. The number of hydrogen-bond acceptors (Lipinski definition) is 6. The summed E-state index contributed by atoms with van der Waals surface area (Å²) in [6.45, 7) is 0.216. The fourth-order valence-electron chi connectivity index (χ4n) is 4.12. The Balaban J connectivity index is 1.63. The molecule has 0 spiro atoms. The van der Waals surface area contributed by atoms with Crippen LogP contribution in [-0.4, -0.2) is 64.0 Å². The lowest BCUT2D eigenvalue weighted by Crippen LogP contribution is -2.52. The van der Waals surface area contributed by atoms with E-state index in [4.69, 9.17) is 4.74 Å². The van der Waals surface area contributed by atoms with Gasteiger partial charge in [-0.1, -0.05) is 30.3 Å². The number of ether oxygens (including phenoxy) is 1. The fraction of sp³-hybridized carbons (Fsp3) is 0.364. The summed E-state index contributed by atoms with van der Waals surface area (Å²) in [4.78, 5) is 29.1. The number of carbonyl (C=O) groups excluding carboxylic acids is 2. The van der Waals surface area contributed by atoms with Crippen molar-refractivity contribution >= 4 is 33.0 Å². The van der Waals surface area contributed by atoms with Gasteiger partial charge in [0.1, 0.15) is 5.75 Å². The SMILES string of the molecule is CNC(=O)[C@H]1CN(CC(=O)N(c2ccccc2)[C@@H]2CCS(=O)(=O)C2)c2ccccc2O1. The van der Waals surface area contributed by atoms with E-state index < -0.39 is 22.0 Å². The van der Waals surface area contributed by atoms with Gasteiger partial charge >= 0.3 is 0 Å². The minimum atomic E-state index is -3.17. The van der Waals surface area contributed by atoms with Gasteiger partial charge < -0.3 is 19.9 Å². The molecule has 1 N–H and O–H groups in total. The van der Waals surface area contributed by atoms with Crippen molar-refractivity contribution in [2.45, 2.75) is 18.6 Å². The van der Waals surface area contributed by atoms with Crippen LogP contribution >= 0.6 is 0 Å². The van der Waals surface area contributed by atoms with Crippen molar-refractivity contribution in [1.82, 2.24) is 5.32 Å². The van der Waals surface area contributed by atoms with E-state index in [0.29, 0.717) is 17.9 Å². The Morgan fingerprint density at radius 3 is 2.52 bits per heavy atom. The Labute approximate surface area is 181 Å². The molecule has 8 nitrogen and oxygen atoms in total. The lowest BCUT2D eigenvalue weighted by Gasteiger charge is -2.37. The van der Waals surface area contributed by atoms with Gasteiger partial charge in [-0.3, -0.25) is 9.59 Å². The summed E-state index contributed by atoms with van der Waals surface area (Å²) in [6, 6.07) is 16.0. The lowest BCUT2D eigenvalue weighted by atomic mass is 10.1. The van der Waals surface area contributed by atoms with E-state index in [1.54, 1.807) is 18.0 Å². The number of amides is 2. The number of fused-ring (bicyclic) bond motifs is 1. The molecule has 2 aromatic carbocycles. The van der Waals surface area contributed by atoms with Crippen LogP contribution in [0, 0.1) is 0 Å². The Kier molecular flexibility index (Phi) is 5.86. The largest absolute Gasteiger partial charge is 0.477 e. The molecule has 0 bridgehead atoms. The zero-order chi connectivity index (χ0) is 22.0. The van der Waals surface area contributed by atoms with Crippen molar-refractivity contribution in [3.05, 3.63) is 54.6 Å². The molecule has 0 aromatic heterocycles. The second-order valence-electron chi connectivity index (χ2n) is 7.73. The van der Waals surface area contributed by atoms with E-state index in [1.165, 1.54) is 0 Å². The van der Waals surface area contributed by atoms with E-state index >= 15 is 0 Å². The predicted octanol–water partition coefficient (Wildman–Crippen LogP) is 1.22. The van der Waals surface area contributed by atoms with Crippen molar-refractivity contribution in [1.29, 1.82) is 0 Å². The quantitative estimate of drug-likeness (QED) is 0.747. The highest BCUT2D eigenvalue weighted by atomic mass is 32.2. The molecule has 2 aliphatic heterocycles. The number of sulfone groups is 1. The monoisotopic (exact) mass is 443 g/mol. The number of nitrogens with zero attached hydrogens (tertiary/aromatic N) is 2. The number of benzene rings is 2. The molecule has 164 valence electrons. The van der Waals surface area contributed by atoms with Gasteiger partial charge in [-0.15, -0.1) is 0 Å². The summed E-state index contributed by atoms with van der Waals surface area (Å²) in [5.74, 6) is 0.0704. The summed E-state index contributed by atoms with van der Waals surface area (Å²) in [6.07, 6.45) is -0.339. The van der Waals surface area contributed by atoms with Gasteiger partial charge in [0.05, 0.1) is 36.3 Å². The second-order valence-corrected chi connectivity index (χ2v) is 9.95. The minimum Gasteiger partial charge on any atom is -0.477 e. The van der Waals surface area contributed by atoms with Crippen LogP contribution in [-0.2, 0) is 19.4 Å². The molecule has 31 heavy (non-hydrogen) atoms.